The Kier molecular flexibility index (Phi) is 6.87. The maximum Gasteiger partial charge on any atom is 0.344 e. The smallest absolute Gasteiger partial charge is 0.344 e. The molecule has 0 fully saturated rings. The van der Waals surface area contributed by atoms with Crippen molar-refractivity contribution in [3.8, 4) is 0 Å². The van der Waals surface area contributed by atoms with Crippen molar-refractivity contribution in [3.05, 3.63) is 5.56 Å². The molecule has 0 spiro atoms. The van der Waals surface area contributed by atoms with E-state index in [9.17, 15) is 4.79 Å². The van der Waals surface area contributed by atoms with Crippen molar-refractivity contribution >= 4 is 23.5 Å². The fraction of sp³-hybridized carbons (Fsp3) is 0.692. The highest BCUT2D eigenvalue weighted by atomic mass is 32.2. The Bertz CT molecular complexity index is 446. The lowest BCUT2D eigenvalue weighted by molar-refractivity contribution is 0.0523. The predicted octanol–water partition coefficient (Wildman–Crippen LogP) is 1.71. The van der Waals surface area contributed by atoms with Crippen molar-refractivity contribution in [1.82, 2.24) is 14.7 Å². The summed E-state index contributed by atoms with van der Waals surface area (Å²) in [5, 5.41) is 5.12. The number of hydrogen-bond donors (Lipinski definition) is 1. The fourth-order valence-corrected chi connectivity index (χ4v) is 2.50. The molecule has 1 aromatic rings. The standard InChI is InChI=1S/C13H24N4O2S/c1-5-9-20-12-10(13(18)19-6-2)11(14)17(15-12)8-7-16(3)4/h5-9,14H2,1-4H3. The molecule has 6 nitrogen and oxygen atoms in total. The van der Waals surface area contributed by atoms with Gasteiger partial charge in [0.15, 0.2) is 0 Å². The van der Waals surface area contributed by atoms with Gasteiger partial charge >= 0.3 is 5.97 Å². The minimum Gasteiger partial charge on any atom is -0.462 e. The predicted molar refractivity (Wildman–Crippen MR) is 82.2 cm³/mol. The first kappa shape index (κ1) is 16.8. The second-order valence-corrected chi connectivity index (χ2v) is 5.74. The number of carbonyl (C=O) groups is 1. The topological polar surface area (TPSA) is 73.4 Å². The number of carbonyl (C=O) groups excluding carboxylic acids is 1. The van der Waals surface area contributed by atoms with Crippen LogP contribution < -0.4 is 5.73 Å². The van der Waals surface area contributed by atoms with Crippen molar-refractivity contribution in [2.75, 3.05) is 38.7 Å². The Labute approximate surface area is 124 Å². The van der Waals surface area contributed by atoms with Crippen LogP contribution in [0.25, 0.3) is 0 Å². The van der Waals surface area contributed by atoms with Gasteiger partial charge in [0.1, 0.15) is 16.4 Å². The first-order valence-corrected chi connectivity index (χ1v) is 7.80. The van der Waals surface area contributed by atoms with Gasteiger partial charge in [-0.15, -0.1) is 11.8 Å². The van der Waals surface area contributed by atoms with Gasteiger partial charge in [-0.1, -0.05) is 6.92 Å². The molecule has 0 aliphatic heterocycles. The molecule has 0 saturated carbocycles. The maximum absolute atomic E-state index is 12.0. The molecule has 0 aromatic carbocycles. The van der Waals surface area contributed by atoms with Crippen molar-refractivity contribution in [2.45, 2.75) is 31.8 Å². The van der Waals surface area contributed by atoms with E-state index in [1.165, 1.54) is 0 Å². The SMILES string of the molecule is CCCSc1nn(CCN(C)C)c(N)c1C(=O)OCC. The van der Waals surface area contributed by atoms with E-state index in [2.05, 4.69) is 12.0 Å². The van der Waals surface area contributed by atoms with E-state index in [0.29, 0.717) is 29.6 Å². The summed E-state index contributed by atoms with van der Waals surface area (Å²) in [6, 6.07) is 0. The third kappa shape index (κ3) is 4.42. The van der Waals surface area contributed by atoms with Gasteiger partial charge in [-0.2, -0.15) is 5.10 Å². The summed E-state index contributed by atoms with van der Waals surface area (Å²) >= 11 is 1.54. The zero-order valence-electron chi connectivity index (χ0n) is 12.7. The zero-order chi connectivity index (χ0) is 15.1. The molecule has 7 heteroatoms. The largest absolute Gasteiger partial charge is 0.462 e. The molecule has 20 heavy (non-hydrogen) atoms. The van der Waals surface area contributed by atoms with Gasteiger partial charge in [0, 0.05) is 6.54 Å². The summed E-state index contributed by atoms with van der Waals surface area (Å²) in [5.74, 6) is 0.903. The van der Waals surface area contributed by atoms with E-state index >= 15 is 0 Å². The molecular formula is C13H24N4O2S. The highest BCUT2D eigenvalue weighted by Gasteiger charge is 2.23. The summed E-state index contributed by atoms with van der Waals surface area (Å²) in [6.07, 6.45) is 1.01. The second-order valence-electron chi connectivity index (χ2n) is 4.66. The molecule has 0 aliphatic rings. The number of likely N-dealkylation sites (N-methyl/N-ethyl adjacent to an activating group) is 1. The molecule has 1 aromatic heterocycles. The van der Waals surface area contributed by atoms with Crippen LogP contribution in [0.15, 0.2) is 5.03 Å². The van der Waals surface area contributed by atoms with Gasteiger partial charge in [0.2, 0.25) is 0 Å². The van der Waals surface area contributed by atoms with E-state index in [-0.39, 0.29) is 5.97 Å². The second kappa shape index (κ2) is 8.16. The van der Waals surface area contributed by atoms with Gasteiger partial charge in [-0.05, 0) is 33.2 Å². The molecule has 0 saturated heterocycles. The number of nitrogens with two attached hydrogens (primary N) is 1. The van der Waals surface area contributed by atoms with Crippen molar-refractivity contribution < 1.29 is 9.53 Å². The average Bonchev–Trinajstić information content (AvgIpc) is 2.70. The van der Waals surface area contributed by atoms with Gasteiger partial charge in [-0.25, -0.2) is 9.48 Å². The van der Waals surface area contributed by atoms with Crippen LogP contribution in [-0.4, -0.2) is 53.6 Å². The number of hydrogen-bond acceptors (Lipinski definition) is 6. The van der Waals surface area contributed by atoms with E-state index in [1.54, 1.807) is 23.4 Å². The van der Waals surface area contributed by atoms with Crippen molar-refractivity contribution in [3.63, 3.8) is 0 Å². The highest BCUT2D eigenvalue weighted by Crippen LogP contribution is 2.27. The van der Waals surface area contributed by atoms with Gasteiger partial charge in [0.05, 0.1) is 13.2 Å². The van der Waals surface area contributed by atoms with Crippen LogP contribution in [0, 0.1) is 0 Å². The molecule has 0 amide bonds. The summed E-state index contributed by atoms with van der Waals surface area (Å²) in [7, 11) is 3.97. The van der Waals surface area contributed by atoms with Crippen LogP contribution in [0.5, 0.6) is 0 Å². The third-order valence-corrected chi connectivity index (χ3v) is 3.81. The Morgan fingerprint density at radius 3 is 2.70 bits per heavy atom. The fourth-order valence-electron chi connectivity index (χ4n) is 1.61. The molecule has 1 rings (SSSR count). The van der Waals surface area contributed by atoms with Crippen LogP contribution in [0.2, 0.25) is 0 Å². The normalized spacial score (nSPS) is 11.1. The molecule has 114 valence electrons. The summed E-state index contributed by atoms with van der Waals surface area (Å²) < 4.78 is 6.76. The number of esters is 1. The number of ether oxygens (including phenoxy) is 1. The molecule has 0 aliphatic carbocycles. The zero-order valence-corrected chi connectivity index (χ0v) is 13.5. The van der Waals surface area contributed by atoms with Crippen LogP contribution >= 0.6 is 11.8 Å². The van der Waals surface area contributed by atoms with E-state index in [0.717, 1.165) is 18.7 Å². The van der Waals surface area contributed by atoms with Crippen molar-refractivity contribution in [1.29, 1.82) is 0 Å². The van der Waals surface area contributed by atoms with Crippen LogP contribution in [-0.2, 0) is 11.3 Å². The minimum absolute atomic E-state index is 0.332. The Morgan fingerprint density at radius 2 is 2.15 bits per heavy atom. The lowest BCUT2D eigenvalue weighted by atomic mass is 10.3. The minimum atomic E-state index is -0.389. The van der Waals surface area contributed by atoms with E-state index in [4.69, 9.17) is 10.5 Å². The van der Waals surface area contributed by atoms with Gasteiger partial charge < -0.3 is 15.4 Å². The average molecular weight is 300 g/mol. The molecular weight excluding hydrogens is 276 g/mol. The lowest BCUT2D eigenvalue weighted by Crippen LogP contribution is -2.20. The van der Waals surface area contributed by atoms with Gasteiger partial charge in [0.25, 0.3) is 0 Å². The number of rotatable bonds is 8. The monoisotopic (exact) mass is 300 g/mol. The molecule has 2 N–H and O–H groups in total. The van der Waals surface area contributed by atoms with Crippen molar-refractivity contribution in [2.24, 2.45) is 0 Å². The summed E-state index contributed by atoms with van der Waals surface area (Å²) in [6.45, 7) is 5.66. The first-order chi connectivity index (χ1) is 9.51. The van der Waals surface area contributed by atoms with E-state index in [1.807, 2.05) is 19.0 Å². The molecule has 1 heterocycles. The van der Waals surface area contributed by atoms with Gasteiger partial charge in [-0.3, -0.25) is 0 Å². The summed E-state index contributed by atoms with van der Waals surface area (Å²) in [5.41, 5.74) is 6.47. The quantitative estimate of drug-likeness (QED) is 0.582. The number of nitrogen functional groups attached to an aromatic ring is 1. The van der Waals surface area contributed by atoms with Crippen LogP contribution in [0.3, 0.4) is 0 Å². The first-order valence-electron chi connectivity index (χ1n) is 6.82. The number of aromatic nitrogens is 2. The third-order valence-electron chi connectivity index (χ3n) is 2.64. The Balaban J connectivity index is 3.00. The lowest BCUT2D eigenvalue weighted by Gasteiger charge is -2.10. The summed E-state index contributed by atoms with van der Waals surface area (Å²) in [4.78, 5) is 14.1. The number of thioether (sulfide) groups is 1. The molecule has 0 radical (unpaired) electrons. The maximum atomic E-state index is 12.0. The van der Waals surface area contributed by atoms with Crippen LogP contribution in [0.4, 0.5) is 5.82 Å². The Hall–Kier alpha value is -1.21. The molecule has 0 bridgehead atoms. The molecule has 0 atom stereocenters. The highest BCUT2D eigenvalue weighted by molar-refractivity contribution is 7.99. The number of anilines is 1. The number of nitrogens with zero attached hydrogens (tertiary/aromatic N) is 3. The Morgan fingerprint density at radius 1 is 1.45 bits per heavy atom. The van der Waals surface area contributed by atoms with E-state index < -0.39 is 0 Å². The van der Waals surface area contributed by atoms with Crippen LogP contribution in [0.1, 0.15) is 30.6 Å². The molecule has 0 unspecified atom stereocenters.